The second-order valence-corrected chi connectivity index (χ2v) is 5.41. The van der Waals surface area contributed by atoms with Crippen molar-refractivity contribution in [3.05, 3.63) is 51.3 Å². The van der Waals surface area contributed by atoms with Gasteiger partial charge in [-0.2, -0.15) is 18.2 Å². The van der Waals surface area contributed by atoms with Crippen molar-refractivity contribution in [3.63, 3.8) is 0 Å². The van der Waals surface area contributed by atoms with Gasteiger partial charge in [-0.25, -0.2) is 0 Å². The Morgan fingerprint density at radius 1 is 1.32 bits per heavy atom. The first-order valence-corrected chi connectivity index (χ1v) is 7.31. The van der Waals surface area contributed by atoms with Gasteiger partial charge in [-0.1, -0.05) is 12.1 Å². The maximum absolute atomic E-state index is 12.6. The van der Waals surface area contributed by atoms with Gasteiger partial charge >= 0.3 is 6.18 Å². The molecule has 0 bridgehead atoms. The lowest BCUT2D eigenvalue weighted by molar-refractivity contribution is -0.137. The molecule has 0 radical (unpaired) electrons. The van der Waals surface area contributed by atoms with E-state index in [2.05, 4.69) is 15.3 Å². The molecular weight excluding hydrogens is 337 g/mol. The minimum Gasteiger partial charge on any atom is -0.468 e. The number of halogens is 3. The van der Waals surface area contributed by atoms with Gasteiger partial charge in [-0.15, -0.1) is 0 Å². The summed E-state index contributed by atoms with van der Waals surface area (Å²) in [5.41, 5.74) is -0.669. The SMILES string of the molecule is COc1nc(NC(C)c2ccc(C(F)(F)F)cc2)c(C(C)=N)c(=O)[nH]1. The molecule has 0 spiro atoms. The molecule has 9 heteroatoms. The monoisotopic (exact) mass is 354 g/mol. The van der Waals surface area contributed by atoms with Crippen molar-refractivity contribution in [1.82, 2.24) is 9.97 Å². The average Bonchev–Trinajstić information content (AvgIpc) is 2.53. The first-order chi connectivity index (χ1) is 11.6. The zero-order valence-corrected chi connectivity index (χ0v) is 13.8. The van der Waals surface area contributed by atoms with Gasteiger partial charge in [0, 0.05) is 11.8 Å². The number of hydrogen-bond donors (Lipinski definition) is 3. The lowest BCUT2D eigenvalue weighted by Gasteiger charge is -2.18. The minimum atomic E-state index is -4.40. The molecule has 6 nitrogen and oxygen atoms in total. The predicted octanol–water partition coefficient (Wildman–Crippen LogP) is 3.36. The zero-order chi connectivity index (χ0) is 18.8. The number of ether oxygens (including phenoxy) is 1. The van der Waals surface area contributed by atoms with E-state index in [-0.39, 0.29) is 23.1 Å². The largest absolute Gasteiger partial charge is 0.468 e. The summed E-state index contributed by atoms with van der Waals surface area (Å²) in [5, 5.41) is 10.7. The summed E-state index contributed by atoms with van der Waals surface area (Å²) in [6, 6.07) is 4.20. The van der Waals surface area contributed by atoms with Crippen molar-refractivity contribution in [3.8, 4) is 6.01 Å². The summed E-state index contributed by atoms with van der Waals surface area (Å²) < 4.78 is 42.8. The smallest absolute Gasteiger partial charge is 0.416 e. The predicted molar refractivity (Wildman–Crippen MR) is 87.4 cm³/mol. The van der Waals surface area contributed by atoms with Gasteiger partial charge in [-0.3, -0.25) is 9.78 Å². The molecule has 1 aromatic carbocycles. The second kappa shape index (κ2) is 6.96. The van der Waals surface area contributed by atoms with Crippen LogP contribution in [0.2, 0.25) is 0 Å². The summed E-state index contributed by atoms with van der Waals surface area (Å²) in [5.74, 6) is 0.125. The van der Waals surface area contributed by atoms with Crippen LogP contribution in [-0.4, -0.2) is 22.8 Å². The van der Waals surface area contributed by atoms with Crippen LogP contribution in [0.5, 0.6) is 6.01 Å². The van der Waals surface area contributed by atoms with Crippen LogP contribution >= 0.6 is 0 Å². The maximum Gasteiger partial charge on any atom is 0.416 e. The number of aromatic amines is 1. The van der Waals surface area contributed by atoms with Crippen LogP contribution in [0, 0.1) is 5.41 Å². The molecule has 3 N–H and O–H groups in total. The molecule has 134 valence electrons. The number of rotatable bonds is 5. The molecule has 0 saturated carbocycles. The lowest BCUT2D eigenvalue weighted by Crippen LogP contribution is -2.22. The van der Waals surface area contributed by atoms with Crippen LogP contribution in [0.3, 0.4) is 0 Å². The molecule has 1 heterocycles. The van der Waals surface area contributed by atoms with Gasteiger partial charge in [0.1, 0.15) is 11.4 Å². The standard InChI is InChI=1S/C16H17F3N4O2/c1-8(20)12-13(22-15(25-3)23-14(12)24)21-9(2)10-4-6-11(7-5-10)16(17,18)19/h4-7,9,20H,1-3H3,(H2,21,22,23,24). The van der Waals surface area contributed by atoms with Crippen molar-refractivity contribution in [2.45, 2.75) is 26.1 Å². The van der Waals surface area contributed by atoms with E-state index in [4.69, 9.17) is 10.1 Å². The van der Waals surface area contributed by atoms with E-state index in [1.807, 2.05) is 0 Å². The number of benzene rings is 1. The van der Waals surface area contributed by atoms with Gasteiger partial charge in [0.25, 0.3) is 11.6 Å². The number of aromatic nitrogens is 2. The van der Waals surface area contributed by atoms with Crippen LogP contribution in [0.25, 0.3) is 0 Å². The first-order valence-electron chi connectivity index (χ1n) is 7.31. The highest BCUT2D eigenvalue weighted by Crippen LogP contribution is 2.30. The first kappa shape index (κ1) is 18.5. The average molecular weight is 354 g/mol. The molecule has 2 aromatic rings. The normalized spacial score (nSPS) is 12.6. The molecule has 1 unspecified atom stereocenters. The maximum atomic E-state index is 12.6. The number of nitrogens with one attached hydrogen (secondary N) is 3. The van der Waals surface area contributed by atoms with Crippen molar-refractivity contribution >= 4 is 11.5 Å². The molecular formula is C16H17F3N4O2. The van der Waals surface area contributed by atoms with E-state index in [9.17, 15) is 18.0 Å². The Kier molecular flexibility index (Phi) is 5.15. The highest BCUT2D eigenvalue weighted by Gasteiger charge is 2.30. The van der Waals surface area contributed by atoms with Crippen LogP contribution in [-0.2, 0) is 6.18 Å². The van der Waals surface area contributed by atoms with Crippen LogP contribution < -0.4 is 15.6 Å². The third-order valence-corrected chi connectivity index (χ3v) is 3.56. The Hall–Kier alpha value is -2.84. The third kappa shape index (κ3) is 4.17. The van der Waals surface area contributed by atoms with Crippen molar-refractivity contribution in [2.24, 2.45) is 0 Å². The number of nitrogens with zero attached hydrogens (tertiary/aromatic N) is 1. The third-order valence-electron chi connectivity index (χ3n) is 3.56. The van der Waals surface area contributed by atoms with Crippen molar-refractivity contribution in [2.75, 3.05) is 12.4 Å². The summed E-state index contributed by atoms with van der Waals surface area (Å²) in [6.45, 7) is 3.15. The number of H-pyrrole nitrogens is 1. The molecule has 0 aliphatic rings. The fraction of sp³-hybridized carbons (Fsp3) is 0.312. The summed E-state index contributed by atoms with van der Waals surface area (Å²) in [7, 11) is 1.33. The molecule has 2 rings (SSSR count). The van der Waals surface area contributed by atoms with Crippen molar-refractivity contribution < 1.29 is 17.9 Å². The number of alkyl halides is 3. The van der Waals surface area contributed by atoms with Gasteiger partial charge in [0.2, 0.25) is 0 Å². The zero-order valence-electron chi connectivity index (χ0n) is 13.8. The summed E-state index contributed by atoms with van der Waals surface area (Å²) in [6.07, 6.45) is -4.40. The van der Waals surface area contributed by atoms with E-state index < -0.39 is 23.3 Å². The minimum absolute atomic E-state index is 0.00137. The molecule has 0 amide bonds. The molecule has 25 heavy (non-hydrogen) atoms. The Labute approximate surface area is 141 Å². The van der Waals surface area contributed by atoms with E-state index in [0.29, 0.717) is 5.56 Å². The molecule has 0 aliphatic heterocycles. The topological polar surface area (TPSA) is 90.9 Å². The highest BCUT2D eigenvalue weighted by atomic mass is 19.4. The fourth-order valence-corrected chi connectivity index (χ4v) is 2.25. The number of hydrogen-bond acceptors (Lipinski definition) is 5. The van der Waals surface area contributed by atoms with E-state index in [1.165, 1.54) is 26.2 Å². The van der Waals surface area contributed by atoms with E-state index >= 15 is 0 Å². The molecule has 0 fully saturated rings. The van der Waals surface area contributed by atoms with Crippen LogP contribution in [0.15, 0.2) is 29.1 Å². The lowest BCUT2D eigenvalue weighted by atomic mass is 10.1. The Morgan fingerprint density at radius 3 is 2.40 bits per heavy atom. The van der Waals surface area contributed by atoms with Gasteiger partial charge in [-0.05, 0) is 31.5 Å². The quantitative estimate of drug-likeness (QED) is 0.718. The second-order valence-electron chi connectivity index (χ2n) is 5.41. The van der Waals surface area contributed by atoms with Gasteiger partial charge in [0.05, 0.1) is 12.7 Å². The van der Waals surface area contributed by atoms with E-state index in [1.54, 1.807) is 6.92 Å². The Bertz CT molecular complexity index is 829. The molecule has 1 aromatic heterocycles. The number of anilines is 1. The molecule has 1 atom stereocenters. The van der Waals surface area contributed by atoms with E-state index in [0.717, 1.165) is 12.1 Å². The molecule has 0 saturated heterocycles. The highest BCUT2D eigenvalue weighted by molar-refractivity contribution is 6.00. The van der Waals surface area contributed by atoms with Crippen LogP contribution in [0.1, 0.15) is 36.6 Å². The Balaban J connectivity index is 2.34. The summed E-state index contributed by atoms with van der Waals surface area (Å²) in [4.78, 5) is 18.5. The fourth-order valence-electron chi connectivity index (χ4n) is 2.25. The Morgan fingerprint density at radius 2 is 1.92 bits per heavy atom. The van der Waals surface area contributed by atoms with Crippen molar-refractivity contribution in [1.29, 1.82) is 5.41 Å². The van der Waals surface area contributed by atoms with Crippen LogP contribution in [0.4, 0.5) is 19.0 Å². The van der Waals surface area contributed by atoms with Gasteiger partial charge < -0.3 is 15.5 Å². The van der Waals surface area contributed by atoms with Gasteiger partial charge in [0.15, 0.2) is 0 Å². The number of methoxy groups -OCH3 is 1. The summed E-state index contributed by atoms with van der Waals surface area (Å²) >= 11 is 0. The molecule has 0 aliphatic carbocycles.